The Kier molecular flexibility index (Phi) is 5.73. The van der Waals surface area contributed by atoms with Crippen molar-refractivity contribution in [1.82, 2.24) is 0 Å². The fourth-order valence-corrected chi connectivity index (χ4v) is 8.13. The molecule has 1 aliphatic carbocycles. The topological polar surface area (TPSA) is 19.6 Å². The van der Waals surface area contributed by atoms with Gasteiger partial charge in [0.15, 0.2) is 0 Å². The maximum absolute atomic E-state index is 6.73. The van der Waals surface area contributed by atoms with Crippen molar-refractivity contribution in [3.63, 3.8) is 0 Å². The number of hydrogen-bond acceptors (Lipinski definition) is 3. The molecule has 0 spiro atoms. The number of fused-ring (bicyclic) bond motifs is 7. The molecule has 3 aliphatic rings. The number of nitrogens with zero attached hydrogens (tertiary/aromatic N) is 2. The first-order valence-electron chi connectivity index (χ1n) is 15.9. The van der Waals surface area contributed by atoms with Crippen molar-refractivity contribution >= 4 is 27.9 Å². The van der Waals surface area contributed by atoms with Crippen LogP contribution in [0.5, 0.6) is 0 Å². The van der Waals surface area contributed by atoms with Crippen LogP contribution in [0.15, 0.2) is 155 Å². The first kappa shape index (κ1) is 26.2. The van der Waals surface area contributed by atoms with E-state index in [2.05, 4.69) is 163 Å². The van der Waals surface area contributed by atoms with E-state index in [1.165, 1.54) is 61.4 Å². The summed E-state index contributed by atoms with van der Waals surface area (Å²) in [4.78, 5) is 5.19. The predicted molar refractivity (Wildman–Crippen MR) is 185 cm³/mol. The first-order valence-corrected chi connectivity index (χ1v) is 15.9. The van der Waals surface area contributed by atoms with Gasteiger partial charge in [-0.2, -0.15) is 0 Å². The Bertz CT molecular complexity index is 2140. The third-order valence-corrected chi connectivity index (χ3v) is 10.0. The predicted octanol–water partition coefficient (Wildman–Crippen LogP) is 10.7. The molecule has 0 amide bonds. The molecule has 2 atom stereocenters. The van der Waals surface area contributed by atoms with E-state index in [-0.39, 0.29) is 11.6 Å². The van der Waals surface area contributed by atoms with E-state index in [1.54, 1.807) is 0 Å². The van der Waals surface area contributed by atoms with Crippen molar-refractivity contribution in [3.8, 4) is 11.1 Å². The Labute approximate surface area is 264 Å². The van der Waals surface area contributed by atoms with E-state index >= 15 is 0 Å². The lowest BCUT2D eigenvalue weighted by Gasteiger charge is -2.45. The van der Waals surface area contributed by atoms with E-state index < -0.39 is 0 Å². The van der Waals surface area contributed by atoms with Crippen LogP contribution in [0.3, 0.4) is 0 Å². The SMILES string of the molecule is CC1=CC(c2ccccc2)=C(N2c3ccccc3N3Cc4oc5cc(-c6ccccc6)ccc5c4C32)C(C)(c2ccccc2)C1. The van der Waals surface area contributed by atoms with Gasteiger partial charge in [-0.1, -0.05) is 127 Å². The number of benzene rings is 5. The smallest absolute Gasteiger partial charge is 0.137 e. The summed E-state index contributed by atoms with van der Waals surface area (Å²) in [6.45, 7) is 5.47. The number of rotatable bonds is 4. The lowest BCUT2D eigenvalue weighted by Crippen LogP contribution is -2.41. The van der Waals surface area contributed by atoms with Gasteiger partial charge in [0.05, 0.1) is 17.9 Å². The second-order valence-electron chi connectivity index (χ2n) is 12.9. The summed E-state index contributed by atoms with van der Waals surface area (Å²) in [5, 5.41) is 1.20. The lowest BCUT2D eigenvalue weighted by molar-refractivity contribution is 0.508. The summed E-state index contributed by atoms with van der Waals surface area (Å²) in [6, 6.07) is 48.3. The Morgan fingerprint density at radius 2 is 1.33 bits per heavy atom. The molecule has 9 rings (SSSR count). The zero-order valence-electron chi connectivity index (χ0n) is 25.6. The van der Waals surface area contributed by atoms with E-state index in [1.807, 2.05) is 0 Å². The zero-order chi connectivity index (χ0) is 30.1. The average molecular weight is 583 g/mol. The summed E-state index contributed by atoms with van der Waals surface area (Å²) in [5.41, 5.74) is 13.5. The van der Waals surface area contributed by atoms with Gasteiger partial charge in [-0.05, 0) is 60.7 Å². The molecule has 2 unspecified atom stereocenters. The quantitative estimate of drug-likeness (QED) is 0.206. The van der Waals surface area contributed by atoms with Gasteiger partial charge in [-0.3, -0.25) is 0 Å². The fourth-order valence-electron chi connectivity index (χ4n) is 8.13. The highest BCUT2D eigenvalue weighted by atomic mass is 16.3. The third kappa shape index (κ3) is 3.90. The van der Waals surface area contributed by atoms with E-state index in [0.29, 0.717) is 0 Å². The van der Waals surface area contributed by atoms with Gasteiger partial charge in [0, 0.05) is 27.6 Å². The van der Waals surface area contributed by atoms with Crippen LogP contribution in [-0.2, 0) is 12.0 Å². The molecule has 0 N–H and O–H groups in total. The zero-order valence-corrected chi connectivity index (χ0v) is 25.6. The van der Waals surface area contributed by atoms with Crippen molar-refractivity contribution in [3.05, 3.63) is 173 Å². The van der Waals surface area contributed by atoms with E-state index in [4.69, 9.17) is 4.42 Å². The highest BCUT2D eigenvalue weighted by molar-refractivity contribution is 5.95. The minimum atomic E-state index is -0.253. The van der Waals surface area contributed by atoms with Gasteiger partial charge in [-0.25, -0.2) is 0 Å². The molecule has 1 aromatic heterocycles. The molecule has 0 bridgehead atoms. The fraction of sp³-hybridized carbons (Fsp3) is 0.143. The lowest BCUT2D eigenvalue weighted by atomic mass is 9.68. The van der Waals surface area contributed by atoms with Crippen molar-refractivity contribution in [2.45, 2.75) is 38.4 Å². The molecule has 3 heteroatoms. The van der Waals surface area contributed by atoms with Gasteiger partial charge in [-0.15, -0.1) is 0 Å². The molecule has 0 fully saturated rings. The molecule has 2 aliphatic heterocycles. The van der Waals surface area contributed by atoms with E-state index in [9.17, 15) is 0 Å². The monoisotopic (exact) mass is 582 g/mol. The molecule has 0 radical (unpaired) electrons. The second kappa shape index (κ2) is 9.87. The largest absolute Gasteiger partial charge is 0.459 e. The molecular weight excluding hydrogens is 548 g/mol. The Hall–Kier alpha value is -5.28. The number of hydrogen-bond donors (Lipinski definition) is 0. The van der Waals surface area contributed by atoms with Crippen LogP contribution in [0.2, 0.25) is 0 Å². The third-order valence-electron chi connectivity index (χ3n) is 10.0. The Balaban J connectivity index is 1.31. The normalized spacial score (nSPS) is 20.3. The minimum absolute atomic E-state index is 0.00946. The Morgan fingerprint density at radius 3 is 2.07 bits per heavy atom. The summed E-state index contributed by atoms with van der Waals surface area (Å²) in [7, 11) is 0. The first-order chi connectivity index (χ1) is 22.1. The van der Waals surface area contributed by atoms with Crippen LogP contribution in [0.25, 0.3) is 27.7 Å². The van der Waals surface area contributed by atoms with Crippen LogP contribution < -0.4 is 9.80 Å². The number of furan rings is 1. The summed E-state index contributed by atoms with van der Waals surface area (Å²) >= 11 is 0. The molecule has 6 aromatic rings. The van der Waals surface area contributed by atoms with Gasteiger partial charge in [0.25, 0.3) is 0 Å². The van der Waals surface area contributed by atoms with E-state index in [0.717, 1.165) is 24.3 Å². The molecule has 45 heavy (non-hydrogen) atoms. The van der Waals surface area contributed by atoms with Crippen LogP contribution in [0.4, 0.5) is 11.4 Å². The average Bonchev–Trinajstić information content (AvgIpc) is 3.72. The maximum Gasteiger partial charge on any atom is 0.137 e. The molecule has 0 saturated carbocycles. The van der Waals surface area contributed by atoms with Gasteiger partial charge in [0.1, 0.15) is 17.5 Å². The Morgan fingerprint density at radius 1 is 0.689 bits per heavy atom. The van der Waals surface area contributed by atoms with Gasteiger partial charge < -0.3 is 14.2 Å². The number of para-hydroxylation sites is 2. The molecule has 3 nitrogen and oxygen atoms in total. The molecule has 218 valence electrons. The van der Waals surface area contributed by atoms with Gasteiger partial charge in [0.2, 0.25) is 0 Å². The van der Waals surface area contributed by atoms with Crippen LogP contribution in [0.1, 0.15) is 48.9 Å². The molecule has 0 saturated heterocycles. The molecular formula is C42H34N2O. The maximum atomic E-state index is 6.73. The van der Waals surface area contributed by atoms with Crippen LogP contribution >= 0.6 is 0 Å². The highest BCUT2D eigenvalue weighted by Crippen LogP contribution is 2.59. The number of anilines is 2. The molecule has 5 aromatic carbocycles. The number of allylic oxidation sites excluding steroid dienone is 4. The van der Waals surface area contributed by atoms with Crippen molar-refractivity contribution in [1.29, 1.82) is 0 Å². The van der Waals surface area contributed by atoms with Crippen molar-refractivity contribution < 1.29 is 4.42 Å². The molecule has 3 heterocycles. The minimum Gasteiger partial charge on any atom is -0.459 e. The van der Waals surface area contributed by atoms with Crippen molar-refractivity contribution in [2.24, 2.45) is 0 Å². The van der Waals surface area contributed by atoms with Crippen LogP contribution in [-0.4, -0.2) is 0 Å². The van der Waals surface area contributed by atoms with Gasteiger partial charge >= 0.3 is 0 Å². The highest BCUT2D eigenvalue weighted by Gasteiger charge is 2.51. The standard InChI is InChI=1S/C42H34N2O/c1-28-24-34(30-16-8-4-9-17-30)40(42(2,26-28)32-18-10-5-11-19-32)44-36-21-13-12-20-35(36)43-27-38-39(41(43)44)33-23-22-31(25-37(33)45-38)29-14-6-3-7-15-29/h3-25,41H,26-27H2,1-2H3. The second-order valence-corrected chi connectivity index (χ2v) is 12.9. The van der Waals surface area contributed by atoms with Crippen molar-refractivity contribution in [2.75, 3.05) is 9.80 Å². The summed E-state index contributed by atoms with van der Waals surface area (Å²) < 4.78 is 6.73. The summed E-state index contributed by atoms with van der Waals surface area (Å²) in [5.74, 6) is 1.06. The summed E-state index contributed by atoms with van der Waals surface area (Å²) in [6.07, 6.45) is 3.37. The van der Waals surface area contributed by atoms with Crippen LogP contribution in [0, 0.1) is 0 Å².